The second-order valence-electron chi connectivity index (χ2n) is 6.61. The summed E-state index contributed by atoms with van der Waals surface area (Å²) in [6.07, 6.45) is -9.77. The van der Waals surface area contributed by atoms with Crippen molar-refractivity contribution in [1.29, 1.82) is 31.6 Å². The molecule has 0 fully saturated rings. The lowest BCUT2D eigenvalue weighted by molar-refractivity contribution is -0.141. The number of halogens is 6. The van der Waals surface area contributed by atoms with E-state index in [0.717, 1.165) is 0 Å². The molecule has 0 N–H and O–H groups in total. The summed E-state index contributed by atoms with van der Waals surface area (Å²) in [6.45, 7) is 0. The van der Waals surface area contributed by atoms with Crippen molar-refractivity contribution in [3.8, 4) is 36.4 Å². The minimum absolute atomic E-state index is 0.556. The zero-order chi connectivity index (χ0) is 25.6. The molecule has 1 aromatic carbocycles. The number of rotatable bonds is 0. The van der Waals surface area contributed by atoms with E-state index < -0.39 is 79.2 Å². The number of nitriles is 6. The van der Waals surface area contributed by atoms with Gasteiger partial charge in [-0.05, 0) is 12.2 Å². The Morgan fingerprint density at radius 1 is 0.529 bits per heavy atom. The Labute approximate surface area is 186 Å². The van der Waals surface area contributed by atoms with Gasteiger partial charge in [-0.2, -0.15) is 57.9 Å². The zero-order valence-electron chi connectivity index (χ0n) is 16.1. The van der Waals surface area contributed by atoms with Crippen molar-refractivity contribution in [3.63, 3.8) is 0 Å². The van der Waals surface area contributed by atoms with Gasteiger partial charge < -0.3 is 0 Å². The third kappa shape index (κ3) is 3.16. The van der Waals surface area contributed by atoms with E-state index in [1.54, 1.807) is 0 Å². The van der Waals surface area contributed by atoms with Gasteiger partial charge in [-0.3, -0.25) is 0 Å². The van der Waals surface area contributed by atoms with Crippen LogP contribution in [-0.4, -0.2) is 0 Å². The number of benzene rings is 1. The van der Waals surface area contributed by atoms with Gasteiger partial charge in [0, 0.05) is 33.4 Å². The molecule has 2 aliphatic rings. The van der Waals surface area contributed by atoms with Crippen molar-refractivity contribution in [2.75, 3.05) is 0 Å². The number of nitrogens with zero attached hydrogens (tertiary/aromatic N) is 6. The Balaban J connectivity index is 2.87. The van der Waals surface area contributed by atoms with Gasteiger partial charge in [0.2, 0.25) is 0 Å². The minimum atomic E-state index is -5.44. The van der Waals surface area contributed by atoms with Gasteiger partial charge in [0.25, 0.3) is 0 Å². The van der Waals surface area contributed by atoms with Crippen LogP contribution in [0.2, 0.25) is 0 Å². The number of allylic oxidation sites excluding steroid dienone is 8. The Kier molecular flexibility index (Phi) is 5.28. The molecule has 0 bridgehead atoms. The zero-order valence-corrected chi connectivity index (χ0v) is 16.1. The molecule has 0 aromatic heterocycles. The van der Waals surface area contributed by atoms with Gasteiger partial charge in [-0.25, -0.2) is 0 Å². The van der Waals surface area contributed by atoms with E-state index in [9.17, 15) is 57.9 Å². The molecule has 0 spiro atoms. The third-order valence-corrected chi connectivity index (χ3v) is 4.95. The maximum atomic E-state index is 14.3. The Bertz CT molecular complexity index is 1420. The van der Waals surface area contributed by atoms with E-state index in [0.29, 0.717) is 12.2 Å². The molecule has 3 rings (SSSR count). The molecule has 0 amide bonds. The van der Waals surface area contributed by atoms with Gasteiger partial charge in [0.1, 0.15) is 35.4 Å². The summed E-state index contributed by atoms with van der Waals surface area (Å²) < 4.78 is 86.1. The molecule has 12 heteroatoms. The summed E-state index contributed by atoms with van der Waals surface area (Å²) in [7, 11) is 0. The summed E-state index contributed by atoms with van der Waals surface area (Å²) in [5.74, 6) is 0. The molecule has 2 aliphatic carbocycles. The lowest BCUT2D eigenvalue weighted by atomic mass is 9.82. The first-order valence-corrected chi connectivity index (χ1v) is 8.63. The monoisotopic (exact) mass is 464 g/mol. The van der Waals surface area contributed by atoms with Crippen molar-refractivity contribution in [2.24, 2.45) is 0 Å². The van der Waals surface area contributed by atoms with Crippen molar-refractivity contribution >= 4 is 22.3 Å². The molecule has 0 heterocycles. The molecule has 0 unspecified atom stereocenters. The number of alkyl halides is 6. The molecule has 34 heavy (non-hydrogen) atoms. The Morgan fingerprint density at radius 2 is 0.824 bits per heavy atom. The number of fused-ring (bicyclic) bond motifs is 2. The molecular weight excluding hydrogens is 462 g/mol. The average molecular weight is 464 g/mol. The van der Waals surface area contributed by atoms with Gasteiger partial charge in [0.05, 0.1) is 34.4 Å². The fourth-order valence-corrected chi connectivity index (χ4v) is 3.83. The van der Waals surface area contributed by atoms with E-state index in [-0.39, 0.29) is 0 Å². The maximum absolute atomic E-state index is 14.3. The van der Waals surface area contributed by atoms with Gasteiger partial charge >= 0.3 is 12.4 Å². The summed E-state index contributed by atoms with van der Waals surface area (Å²) in [5, 5.41) is 55.5. The fourth-order valence-electron chi connectivity index (χ4n) is 3.83. The maximum Gasteiger partial charge on any atom is 0.417 e. The number of hydrogen-bond acceptors (Lipinski definition) is 6. The quantitative estimate of drug-likeness (QED) is 0.383. The van der Waals surface area contributed by atoms with Gasteiger partial charge in [-0.1, -0.05) is 0 Å². The average Bonchev–Trinajstić information content (AvgIpc) is 3.31. The fraction of sp³-hybridized carbons (Fsp3) is 0.0909. The van der Waals surface area contributed by atoms with E-state index in [1.807, 2.05) is 0 Å². The summed E-state index contributed by atoms with van der Waals surface area (Å²) in [6, 6.07) is 7.87. The molecule has 0 aliphatic heterocycles. The SMILES string of the molecule is N#CC1=CC(=C(C#N)C#N)c2c1c(C(F)(F)F)c1c(c2C(F)(F)F)C(C#N)=CC1=C(C#N)C#N. The molecule has 6 nitrogen and oxygen atoms in total. The second kappa shape index (κ2) is 7.68. The van der Waals surface area contributed by atoms with Crippen LogP contribution in [0.3, 0.4) is 0 Å². The molecule has 0 saturated carbocycles. The Morgan fingerprint density at radius 3 is 1.03 bits per heavy atom. The highest BCUT2D eigenvalue weighted by Gasteiger charge is 2.51. The topological polar surface area (TPSA) is 143 Å². The summed E-state index contributed by atoms with van der Waals surface area (Å²) in [4.78, 5) is 0. The van der Waals surface area contributed by atoms with Crippen LogP contribution < -0.4 is 0 Å². The van der Waals surface area contributed by atoms with Crippen LogP contribution in [0.15, 0.2) is 23.3 Å². The highest BCUT2D eigenvalue weighted by Crippen LogP contribution is 2.57. The number of hydrogen-bond donors (Lipinski definition) is 0. The largest absolute Gasteiger partial charge is 0.417 e. The summed E-state index contributed by atoms with van der Waals surface area (Å²) >= 11 is 0. The van der Waals surface area contributed by atoms with E-state index in [4.69, 9.17) is 0 Å². The van der Waals surface area contributed by atoms with Crippen molar-refractivity contribution in [3.05, 3.63) is 56.7 Å². The van der Waals surface area contributed by atoms with E-state index >= 15 is 0 Å². The van der Waals surface area contributed by atoms with Crippen molar-refractivity contribution in [1.82, 2.24) is 0 Å². The highest BCUT2D eigenvalue weighted by atomic mass is 19.4. The van der Waals surface area contributed by atoms with Gasteiger partial charge in [-0.15, -0.1) is 0 Å². The van der Waals surface area contributed by atoms with Crippen LogP contribution in [0.1, 0.15) is 33.4 Å². The van der Waals surface area contributed by atoms with Crippen LogP contribution in [0.25, 0.3) is 22.3 Å². The smallest absolute Gasteiger partial charge is 0.192 e. The second-order valence-corrected chi connectivity index (χ2v) is 6.61. The van der Waals surface area contributed by atoms with E-state index in [1.165, 1.54) is 36.4 Å². The molecule has 0 atom stereocenters. The first-order valence-electron chi connectivity index (χ1n) is 8.63. The highest BCUT2D eigenvalue weighted by molar-refractivity contribution is 6.12. The minimum Gasteiger partial charge on any atom is -0.192 e. The molecule has 1 aromatic rings. The first-order chi connectivity index (χ1) is 15.9. The van der Waals surface area contributed by atoms with Crippen LogP contribution in [0.5, 0.6) is 0 Å². The Hall–Kier alpha value is -5.30. The first kappa shape index (κ1) is 23.4. The lowest BCUT2D eigenvalue weighted by Gasteiger charge is -2.24. The normalized spacial score (nSPS) is 13.6. The van der Waals surface area contributed by atoms with Crippen LogP contribution >= 0.6 is 0 Å². The van der Waals surface area contributed by atoms with Crippen LogP contribution in [0.4, 0.5) is 26.3 Å². The summed E-state index contributed by atoms with van der Waals surface area (Å²) in [5.41, 5.74) is -14.2. The predicted molar refractivity (Wildman–Crippen MR) is 99.9 cm³/mol. The van der Waals surface area contributed by atoms with Gasteiger partial charge in [0.15, 0.2) is 0 Å². The molecule has 0 saturated heterocycles. The predicted octanol–water partition coefficient (Wildman–Crippen LogP) is 5.17. The van der Waals surface area contributed by atoms with Crippen LogP contribution in [-0.2, 0) is 12.4 Å². The molecule has 162 valence electrons. The van der Waals surface area contributed by atoms with E-state index in [2.05, 4.69) is 0 Å². The molecule has 0 radical (unpaired) electrons. The van der Waals surface area contributed by atoms with Crippen molar-refractivity contribution < 1.29 is 26.3 Å². The lowest BCUT2D eigenvalue weighted by Crippen LogP contribution is -2.20. The third-order valence-electron chi connectivity index (χ3n) is 4.95. The van der Waals surface area contributed by atoms with Crippen molar-refractivity contribution in [2.45, 2.75) is 12.4 Å². The standard InChI is InChI=1S/C22H2F6N6/c23-21(24,25)19-15-9(3-29)1-13(11(5-31)6-32)17(15)20(22(26,27)28)16-10(4-30)2-14(18(16)19)12(7-33)8-34/h1-2H. The van der Waals surface area contributed by atoms with Crippen LogP contribution in [0, 0.1) is 68.0 Å². The molecular formula is C22H2F6N6.